The Balaban J connectivity index is 1.66. The molecule has 3 rings (SSSR count). The number of amides is 2. The normalized spacial score (nSPS) is 18.2. The third-order valence-electron chi connectivity index (χ3n) is 4.43. The molecule has 1 heterocycles. The number of carbonyl (C=O) groups is 2. The Hall–Kier alpha value is -2.66. The molecule has 5 heteroatoms. The highest BCUT2D eigenvalue weighted by Gasteiger charge is 2.33. The third kappa shape index (κ3) is 4.06. The molecule has 0 aromatic heterocycles. The van der Waals surface area contributed by atoms with E-state index in [-0.39, 0.29) is 23.9 Å². The predicted molar refractivity (Wildman–Crippen MR) is 99.5 cm³/mol. The van der Waals surface area contributed by atoms with Crippen molar-refractivity contribution in [1.29, 1.82) is 0 Å². The molecule has 2 N–H and O–H groups in total. The molecule has 2 atom stereocenters. The molecule has 2 aromatic rings. The van der Waals surface area contributed by atoms with Crippen molar-refractivity contribution in [1.82, 2.24) is 5.32 Å². The number of hydrogen-bond acceptors (Lipinski definition) is 3. The zero-order chi connectivity index (χ0) is 17.8. The quantitative estimate of drug-likeness (QED) is 0.881. The molecule has 0 spiro atoms. The molecule has 0 aliphatic carbocycles. The molecular weight excluding hydrogens is 314 g/mol. The number of rotatable bonds is 5. The molecule has 1 fully saturated rings. The Labute approximate surface area is 148 Å². The van der Waals surface area contributed by atoms with E-state index in [1.54, 1.807) is 0 Å². The number of carbonyl (C=O) groups excluding carboxylic acids is 2. The van der Waals surface area contributed by atoms with Gasteiger partial charge in [0.05, 0.1) is 6.04 Å². The summed E-state index contributed by atoms with van der Waals surface area (Å²) in [6.45, 7) is 4.24. The number of benzene rings is 2. The van der Waals surface area contributed by atoms with Crippen LogP contribution in [-0.2, 0) is 9.59 Å². The average molecular weight is 337 g/mol. The lowest BCUT2D eigenvalue weighted by molar-refractivity contribution is -0.119. The van der Waals surface area contributed by atoms with Crippen molar-refractivity contribution in [3.8, 4) is 0 Å². The van der Waals surface area contributed by atoms with Crippen LogP contribution in [0.2, 0.25) is 0 Å². The molecule has 5 nitrogen and oxygen atoms in total. The summed E-state index contributed by atoms with van der Waals surface area (Å²) in [5.41, 5.74) is 2.75. The lowest BCUT2D eigenvalue weighted by Gasteiger charge is -2.21. The van der Waals surface area contributed by atoms with E-state index in [2.05, 4.69) is 10.6 Å². The monoisotopic (exact) mass is 337 g/mol. The van der Waals surface area contributed by atoms with Crippen molar-refractivity contribution < 1.29 is 9.59 Å². The predicted octanol–water partition coefficient (Wildman–Crippen LogP) is 3.10. The zero-order valence-corrected chi connectivity index (χ0v) is 14.5. The first-order chi connectivity index (χ1) is 12.0. The molecule has 130 valence electrons. The Morgan fingerprint density at radius 2 is 1.92 bits per heavy atom. The van der Waals surface area contributed by atoms with Crippen molar-refractivity contribution in [2.75, 3.05) is 16.8 Å². The van der Waals surface area contributed by atoms with Crippen molar-refractivity contribution in [2.24, 2.45) is 0 Å². The highest BCUT2D eigenvalue weighted by molar-refractivity contribution is 5.99. The largest absolute Gasteiger partial charge is 0.326 e. The molecule has 2 amide bonds. The Kier molecular flexibility index (Phi) is 5.14. The van der Waals surface area contributed by atoms with Crippen molar-refractivity contribution >= 4 is 23.2 Å². The van der Waals surface area contributed by atoms with Crippen molar-refractivity contribution in [3.05, 3.63) is 60.2 Å². The molecule has 1 aliphatic heterocycles. The minimum absolute atomic E-state index is 0.0124. The van der Waals surface area contributed by atoms with Crippen LogP contribution in [0.3, 0.4) is 0 Å². The van der Waals surface area contributed by atoms with E-state index >= 15 is 0 Å². The molecule has 0 radical (unpaired) electrons. The molecular formula is C20H23N3O2. The van der Waals surface area contributed by atoms with Gasteiger partial charge < -0.3 is 10.2 Å². The van der Waals surface area contributed by atoms with E-state index in [0.29, 0.717) is 0 Å². The molecule has 25 heavy (non-hydrogen) atoms. The van der Waals surface area contributed by atoms with E-state index in [0.717, 1.165) is 29.9 Å². The second-order valence-corrected chi connectivity index (χ2v) is 6.36. The van der Waals surface area contributed by atoms with Crippen LogP contribution >= 0.6 is 0 Å². The van der Waals surface area contributed by atoms with Gasteiger partial charge in [-0.15, -0.1) is 0 Å². The van der Waals surface area contributed by atoms with Gasteiger partial charge in [-0.05, 0) is 43.2 Å². The summed E-state index contributed by atoms with van der Waals surface area (Å²) >= 11 is 0. The van der Waals surface area contributed by atoms with Crippen LogP contribution in [0.5, 0.6) is 0 Å². The molecule has 1 aliphatic rings. The van der Waals surface area contributed by atoms with Crippen LogP contribution in [0.25, 0.3) is 0 Å². The number of nitrogens with zero attached hydrogens (tertiary/aromatic N) is 1. The van der Waals surface area contributed by atoms with E-state index < -0.39 is 0 Å². The summed E-state index contributed by atoms with van der Waals surface area (Å²) < 4.78 is 0. The van der Waals surface area contributed by atoms with E-state index in [1.165, 1.54) is 6.92 Å². The minimum atomic E-state index is -0.195. The fraction of sp³-hybridized carbons (Fsp3) is 0.300. The van der Waals surface area contributed by atoms with Crippen LogP contribution in [0, 0.1) is 0 Å². The number of para-hydroxylation sites is 1. The molecule has 1 saturated heterocycles. The standard InChI is InChI=1S/C20H23N3O2/c1-14(16-7-6-8-17(13-16)22-15(2)24)21-19-11-12-23(20(19)25)18-9-4-3-5-10-18/h3-10,13-14,19,21H,11-12H2,1-2H3,(H,22,24). The van der Waals surface area contributed by atoms with Crippen molar-refractivity contribution in [2.45, 2.75) is 32.4 Å². The summed E-state index contributed by atoms with van der Waals surface area (Å²) in [6, 6.07) is 17.3. The second-order valence-electron chi connectivity index (χ2n) is 6.36. The zero-order valence-electron chi connectivity index (χ0n) is 14.5. The van der Waals surface area contributed by atoms with Gasteiger partial charge in [-0.25, -0.2) is 0 Å². The average Bonchev–Trinajstić information content (AvgIpc) is 2.96. The highest BCUT2D eigenvalue weighted by atomic mass is 16.2. The maximum absolute atomic E-state index is 12.7. The van der Waals surface area contributed by atoms with Gasteiger partial charge in [0.25, 0.3) is 0 Å². The van der Waals surface area contributed by atoms with Crippen LogP contribution in [0.1, 0.15) is 31.9 Å². The van der Waals surface area contributed by atoms with Gasteiger partial charge in [0.1, 0.15) is 0 Å². The lowest BCUT2D eigenvalue weighted by Crippen LogP contribution is -2.39. The Bertz CT molecular complexity index is 761. The Morgan fingerprint density at radius 3 is 2.64 bits per heavy atom. The topological polar surface area (TPSA) is 61.4 Å². The summed E-state index contributed by atoms with van der Waals surface area (Å²) in [5.74, 6) is 0.0123. The van der Waals surface area contributed by atoms with E-state index in [9.17, 15) is 9.59 Å². The fourth-order valence-corrected chi connectivity index (χ4v) is 3.19. The maximum atomic E-state index is 12.7. The number of nitrogens with one attached hydrogen (secondary N) is 2. The van der Waals surface area contributed by atoms with Gasteiger partial charge in [-0.2, -0.15) is 0 Å². The maximum Gasteiger partial charge on any atom is 0.244 e. The minimum Gasteiger partial charge on any atom is -0.326 e. The van der Waals surface area contributed by atoms with Gasteiger partial charge in [-0.1, -0.05) is 30.3 Å². The second kappa shape index (κ2) is 7.49. The van der Waals surface area contributed by atoms with Gasteiger partial charge >= 0.3 is 0 Å². The van der Waals surface area contributed by atoms with Crippen LogP contribution in [0.4, 0.5) is 11.4 Å². The first-order valence-corrected chi connectivity index (χ1v) is 8.54. The van der Waals surface area contributed by atoms with Crippen molar-refractivity contribution in [3.63, 3.8) is 0 Å². The van der Waals surface area contributed by atoms with Gasteiger partial charge in [-0.3, -0.25) is 14.9 Å². The van der Waals surface area contributed by atoms with Crippen LogP contribution < -0.4 is 15.5 Å². The summed E-state index contributed by atoms with van der Waals surface area (Å²) in [4.78, 5) is 25.7. The highest BCUT2D eigenvalue weighted by Crippen LogP contribution is 2.24. The van der Waals surface area contributed by atoms with Gasteiger partial charge in [0.15, 0.2) is 0 Å². The Morgan fingerprint density at radius 1 is 1.16 bits per heavy atom. The summed E-state index contributed by atoms with van der Waals surface area (Å²) in [5, 5.41) is 6.21. The van der Waals surface area contributed by atoms with E-state index in [4.69, 9.17) is 0 Å². The molecule has 0 bridgehead atoms. The van der Waals surface area contributed by atoms with E-state index in [1.807, 2.05) is 66.4 Å². The third-order valence-corrected chi connectivity index (χ3v) is 4.43. The van der Waals surface area contributed by atoms with Crippen LogP contribution in [-0.4, -0.2) is 24.4 Å². The number of hydrogen-bond donors (Lipinski definition) is 2. The van der Waals surface area contributed by atoms with Gasteiger partial charge in [0.2, 0.25) is 11.8 Å². The first-order valence-electron chi connectivity index (χ1n) is 8.54. The van der Waals surface area contributed by atoms with Gasteiger partial charge in [0, 0.05) is 30.9 Å². The van der Waals surface area contributed by atoms with Crippen LogP contribution in [0.15, 0.2) is 54.6 Å². The number of anilines is 2. The smallest absolute Gasteiger partial charge is 0.244 e. The molecule has 2 unspecified atom stereocenters. The fourth-order valence-electron chi connectivity index (χ4n) is 3.19. The molecule has 0 saturated carbocycles. The SMILES string of the molecule is CC(=O)Nc1cccc(C(C)NC2CCN(c3ccccc3)C2=O)c1. The lowest BCUT2D eigenvalue weighted by atomic mass is 10.1. The first kappa shape index (κ1) is 17.2. The summed E-state index contributed by atoms with van der Waals surface area (Å²) in [7, 11) is 0. The summed E-state index contributed by atoms with van der Waals surface area (Å²) in [6.07, 6.45) is 0.781. The molecule has 2 aromatic carbocycles.